The summed E-state index contributed by atoms with van der Waals surface area (Å²) in [6.07, 6.45) is 3.75. The first-order chi connectivity index (χ1) is 15.7. The van der Waals surface area contributed by atoms with E-state index in [2.05, 4.69) is 29.6 Å². The zero-order valence-electron chi connectivity index (χ0n) is 20.6. The van der Waals surface area contributed by atoms with E-state index >= 15 is 0 Å². The van der Waals surface area contributed by atoms with Crippen molar-refractivity contribution in [2.24, 2.45) is 0 Å². The normalized spacial score (nSPS) is 15.2. The van der Waals surface area contributed by atoms with Gasteiger partial charge in [0.25, 0.3) is 0 Å². The summed E-state index contributed by atoms with van der Waals surface area (Å²) < 4.78 is 30.0. The average Bonchev–Trinajstić information content (AvgIpc) is 2.80. The van der Waals surface area contributed by atoms with Crippen molar-refractivity contribution in [2.45, 2.75) is 57.6 Å². The van der Waals surface area contributed by atoms with Crippen LogP contribution in [0.4, 0.5) is 0 Å². The Morgan fingerprint density at radius 1 is 0.967 bits per heavy atom. The standard InChI is InChI=1S/C25H37NO4/c27-20-23-18-22(13-14-24(23)28)25(29)19-26-15-7-1-2-8-16-30-17-9-6-12-21-10-4-3-5-11-21/h3-5,10-11,13-14,18,25-29H,1-2,6-9,12,15-17,19-20H2/i15D2,25D. The largest absolute Gasteiger partial charge is 0.508 e. The number of aliphatic hydroxyl groups is 2. The van der Waals surface area contributed by atoms with Crippen molar-refractivity contribution in [1.82, 2.24) is 5.32 Å². The predicted molar refractivity (Wildman–Crippen MR) is 121 cm³/mol. The molecule has 0 fully saturated rings. The van der Waals surface area contributed by atoms with E-state index < -0.39 is 19.2 Å². The van der Waals surface area contributed by atoms with Crippen molar-refractivity contribution in [3.8, 4) is 5.75 Å². The maximum absolute atomic E-state index is 10.4. The van der Waals surface area contributed by atoms with Gasteiger partial charge in [-0.25, -0.2) is 0 Å². The molecule has 30 heavy (non-hydrogen) atoms. The van der Waals surface area contributed by atoms with Gasteiger partial charge in [-0.15, -0.1) is 0 Å². The van der Waals surface area contributed by atoms with Crippen LogP contribution >= 0.6 is 0 Å². The molecule has 0 aromatic heterocycles. The number of aliphatic hydroxyl groups excluding tert-OH is 1. The Morgan fingerprint density at radius 3 is 2.47 bits per heavy atom. The molecular weight excluding hydrogens is 378 g/mol. The van der Waals surface area contributed by atoms with E-state index in [1.165, 1.54) is 23.8 Å². The molecule has 1 unspecified atom stereocenters. The molecule has 0 heterocycles. The van der Waals surface area contributed by atoms with Gasteiger partial charge < -0.3 is 25.4 Å². The van der Waals surface area contributed by atoms with E-state index in [4.69, 9.17) is 8.85 Å². The monoisotopic (exact) mass is 418 g/mol. The Labute approximate surface area is 184 Å². The summed E-state index contributed by atoms with van der Waals surface area (Å²) in [4.78, 5) is 0. The number of rotatable bonds is 16. The van der Waals surface area contributed by atoms with Crippen molar-refractivity contribution in [3.63, 3.8) is 0 Å². The van der Waals surface area contributed by atoms with Gasteiger partial charge in [0.2, 0.25) is 0 Å². The number of hydrogen-bond acceptors (Lipinski definition) is 5. The van der Waals surface area contributed by atoms with Crippen LogP contribution in [0.15, 0.2) is 48.5 Å². The summed E-state index contributed by atoms with van der Waals surface area (Å²) in [6, 6.07) is 14.5. The molecule has 0 aliphatic carbocycles. The van der Waals surface area contributed by atoms with Gasteiger partial charge in [0, 0.05) is 28.1 Å². The topological polar surface area (TPSA) is 82.0 Å². The highest BCUT2D eigenvalue weighted by Crippen LogP contribution is 2.22. The minimum Gasteiger partial charge on any atom is -0.508 e. The van der Waals surface area contributed by atoms with Gasteiger partial charge >= 0.3 is 0 Å². The van der Waals surface area contributed by atoms with Gasteiger partial charge in [-0.3, -0.25) is 0 Å². The molecule has 4 N–H and O–H groups in total. The van der Waals surface area contributed by atoms with Crippen LogP contribution in [0.5, 0.6) is 5.75 Å². The van der Waals surface area contributed by atoms with Crippen LogP contribution in [0.3, 0.4) is 0 Å². The summed E-state index contributed by atoms with van der Waals surface area (Å²) in [5.41, 5.74) is 1.73. The van der Waals surface area contributed by atoms with Crippen molar-refractivity contribution >= 4 is 0 Å². The fourth-order valence-corrected chi connectivity index (χ4v) is 3.10. The molecule has 5 nitrogen and oxygen atoms in total. The third kappa shape index (κ3) is 9.72. The number of aryl methyl sites for hydroxylation is 1. The molecule has 2 aromatic carbocycles. The SMILES string of the molecule is [2H]C([2H])(CCCCCOCCCCc1ccccc1)NCC([2H])(O)c1ccc(O)c(CO)c1. The van der Waals surface area contributed by atoms with Crippen LogP contribution < -0.4 is 5.32 Å². The highest BCUT2D eigenvalue weighted by Gasteiger charge is 2.09. The van der Waals surface area contributed by atoms with Crippen molar-refractivity contribution < 1.29 is 24.2 Å². The first-order valence-corrected chi connectivity index (χ1v) is 10.8. The molecule has 0 saturated carbocycles. The van der Waals surface area contributed by atoms with Crippen LogP contribution in [0.25, 0.3) is 0 Å². The van der Waals surface area contributed by atoms with Crippen molar-refractivity contribution in [1.29, 1.82) is 0 Å². The minimum atomic E-state index is -2.08. The number of hydrogen-bond donors (Lipinski definition) is 4. The van der Waals surface area contributed by atoms with E-state index in [0.717, 1.165) is 38.7 Å². The highest BCUT2D eigenvalue weighted by molar-refractivity contribution is 5.36. The molecule has 0 amide bonds. The maximum Gasteiger partial charge on any atom is 0.121 e. The lowest BCUT2D eigenvalue weighted by Crippen LogP contribution is -2.22. The summed E-state index contributed by atoms with van der Waals surface area (Å²) >= 11 is 0. The minimum absolute atomic E-state index is 0.114. The number of benzene rings is 2. The molecule has 0 aliphatic rings. The zero-order chi connectivity index (χ0) is 24.2. The molecule has 2 aromatic rings. The van der Waals surface area contributed by atoms with Crippen LogP contribution in [0.2, 0.25) is 0 Å². The molecule has 1 atom stereocenters. The second-order valence-corrected chi connectivity index (χ2v) is 7.34. The summed E-state index contributed by atoms with van der Waals surface area (Å²) in [5.74, 6) is -0.114. The number of ether oxygens (including phenoxy) is 1. The molecular formula is C25H37NO4. The Morgan fingerprint density at radius 2 is 1.70 bits per heavy atom. The molecule has 0 saturated heterocycles. The quantitative estimate of drug-likeness (QED) is 0.309. The van der Waals surface area contributed by atoms with Crippen molar-refractivity contribution in [3.05, 3.63) is 65.2 Å². The summed E-state index contributed by atoms with van der Waals surface area (Å²) in [6.45, 7) is -1.04. The van der Waals surface area contributed by atoms with Gasteiger partial charge in [-0.05, 0) is 61.9 Å². The molecule has 166 valence electrons. The summed E-state index contributed by atoms with van der Waals surface area (Å²) in [7, 11) is 0. The van der Waals surface area contributed by atoms with Gasteiger partial charge in [0.05, 0.1) is 14.1 Å². The molecule has 0 aliphatic heterocycles. The number of aromatic hydroxyl groups is 1. The van der Waals surface area contributed by atoms with Crippen LogP contribution in [0.1, 0.15) is 65.4 Å². The van der Waals surface area contributed by atoms with Crippen LogP contribution in [-0.4, -0.2) is 41.6 Å². The van der Waals surface area contributed by atoms with Crippen LogP contribution in [-0.2, 0) is 17.8 Å². The Kier molecular flexibility index (Phi) is 9.98. The van der Waals surface area contributed by atoms with Gasteiger partial charge in [0.1, 0.15) is 5.75 Å². The second-order valence-electron chi connectivity index (χ2n) is 7.34. The Bertz CT molecular complexity index is 819. The van der Waals surface area contributed by atoms with E-state index in [1.54, 1.807) is 0 Å². The maximum atomic E-state index is 10.4. The first kappa shape index (κ1) is 20.0. The predicted octanol–water partition coefficient (Wildman–Crippen LogP) is 4.11. The highest BCUT2D eigenvalue weighted by atomic mass is 16.5. The fourth-order valence-electron chi connectivity index (χ4n) is 3.10. The Hall–Kier alpha value is -1.92. The van der Waals surface area contributed by atoms with Crippen molar-refractivity contribution in [2.75, 3.05) is 26.3 Å². The lowest BCUT2D eigenvalue weighted by molar-refractivity contribution is 0.126. The molecule has 2 rings (SSSR count). The number of nitrogens with one attached hydrogen (secondary N) is 1. The van der Waals surface area contributed by atoms with Gasteiger partial charge in [0.15, 0.2) is 0 Å². The van der Waals surface area contributed by atoms with Gasteiger partial charge in [-0.1, -0.05) is 49.2 Å². The lowest BCUT2D eigenvalue weighted by Gasteiger charge is -2.14. The number of phenols is 1. The summed E-state index contributed by atoms with van der Waals surface area (Å²) in [5, 5.41) is 31.9. The molecule has 0 spiro atoms. The molecule has 5 heteroatoms. The fraction of sp³-hybridized carbons (Fsp3) is 0.520. The van der Waals surface area contributed by atoms with E-state index in [0.29, 0.717) is 13.0 Å². The number of unbranched alkanes of at least 4 members (excludes halogenated alkanes) is 3. The molecule has 0 bridgehead atoms. The third-order valence-corrected chi connectivity index (χ3v) is 4.90. The lowest BCUT2D eigenvalue weighted by atomic mass is 10.1. The first-order valence-electron chi connectivity index (χ1n) is 12.3. The average molecular weight is 419 g/mol. The van der Waals surface area contributed by atoms with E-state index in [-0.39, 0.29) is 29.8 Å². The Balaban J connectivity index is 1.56. The zero-order valence-corrected chi connectivity index (χ0v) is 17.6. The smallest absolute Gasteiger partial charge is 0.121 e. The molecule has 0 radical (unpaired) electrons. The third-order valence-electron chi connectivity index (χ3n) is 4.90. The van der Waals surface area contributed by atoms with E-state index in [9.17, 15) is 15.3 Å². The van der Waals surface area contributed by atoms with Gasteiger partial charge in [-0.2, -0.15) is 0 Å². The van der Waals surface area contributed by atoms with E-state index in [1.807, 2.05) is 6.07 Å². The second kappa shape index (κ2) is 15.0. The van der Waals surface area contributed by atoms with Crippen LogP contribution in [0, 0.1) is 0 Å².